The molecule has 0 saturated heterocycles. The number of anilines is 1. The van der Waals surface area contributed by atoms with E-state index in [-0.39, 0.29) is 6.03 Å². The molecule has 1 saturated carbocycles. The molecule has 0 bridgehead atoms. The highest BCUT2D eigenvalue weighted by molar-refractivity contribution is 5.98. The number of rotatable bonds is 7. The van der Waals surface area contributed by atoms with Gasteiger partial charge in [0.2, 0.25) is 5.91 Å². The van der Waals surface area contributed by atoms with Gasteiger partial charge in [0.15, 0.2) is 0 Å². The summed E-state index contributed by atoms with van der Waals surface area (Å²) < 4.78 is 5.07. The Kier molecular flexibility index (Phi) is 5.38. The van der Waals surface area contributed by atoms with E-state index < -0.39 is 5.91 Å². The van der Waals surface area contributed by atoms with E-state index >= 15 is 0 Å². The Morgan fingerprint density at radius 2 is 2.14 bits per heavy atom. The molecule has 6 nitrogen and oxygen atoms in total. The molecule has 0 aliphatic heterocycles. The largest absolute Gasteiger partial charge is 0.383 e. The van der Waals surface area contributed by atoms with Gasteiger partial charge < -0.3 is 20.7 Å². The summed E-state index contributed by atoms with van der Waals surface area (Å²) in [5, 5.41) is 2.87. The van der Waals surface area contributed by atoms with Crippen LogP contribution in [0.1, 0.15) is 28.8 Å². The van der Waals surface area contributed by atoms with Crippen LogP contribution in [-0.4, -0.2) is 43.6 Å². The Hall–Kier alpha value is -2.08. The number of hydrogen-bond donors (Lipinski definition) is 2. The first-order valence-electron chi connectivity index (χ1n) is 7.47. The van der Waals surface area contributed by atoms with Crippen LogP contribution in [0.4, 0.5) is 10.5 Å². The van der Waals surface area contributed by atoms with Crippen molar-refractivity contribution in [2.24, 2.45) is 11.7 Å². The number of carbonyl (C=O) groups is 2. The minimum Gasteiger partial charge on any atom is -0.383 e. The van der Waals surface area contributed by atoms with Crippen LogP contribution >= 0.6 is 0 Å². The van der Waals surface area contributed by atoms with Gasteiger partial charge in [-0.1, -0.05) is 6.07 Å². The number of carbonyl (C=O) groups excluding carboxylic acids is 2. The van der Waals surface area contributed by atoms with Crippen LogP contribution in [0.15, 0.2) is 18.2 Å². The summed E-state index contributed by atoms with van der Waals surface area (Å²) in [5.41, 5.74) is 7.05. The lowest BCUT2D eigenvalue weighted by Crippen LogP contribution is -2.39. The van der Waals surface area contributed by atoms with Crippen molar-refractivity contribution in [1.82, 2.24) is 4.90 Å². The van der Waals surface area contributed by atoms with Gasteiger partial charge in [0.1, 0.15) is 0 Å². The summed E-state index contributed by atoms with van der Waals surface area (Å²) in [6.45, 7) is 3.56. The van der Waals surface area contributed by atoms with E-state index in [0.29, 0.717) is 35.9 Å². The molecule has 0 spiro atoms. The Balaban J connectivity index is 2.08. The maximum Gasteiger partial charge on any atom is 0.321 e. The van der Waals surface area contributed by atoms with Crippen molar-refractivity contribution in [2.75, 3.05) is 32.1 Å². The first kappa shape index (κ1) is 16.3. The van der Waals surface area contributed by atoms with Gasteiger partial charge in [-0.3, -0.25) is 4.79 Å². The van der Waals surface area contributed by atoms with Gasteiger partial charge in [0.05, 0.1) is 6.61 Å². The Labute approximate surface area is 130 Å². The molecule has 3 N–H and O–H groups in total. The molecule has 1 aliphatic rings. The number of benzene rings is 1. The summed E-state index contributed by atoms with van der Waals surface area (Å²) in [7, 11) is 1.62. The van der Waals surface area contributed by atoms with Crippen LogP contribution in [0.3, 0.4) is 0 Å². The van der Waals surface area contributed by atoms with Crippen molar-refractivity contribution in [1.29, 1.82) is 0 Å². The van der Waals surface area contributed by atoms with E-state index in [0.717, 1.165) is 6.54 Å². The lowest BCUT2D eigenvalue weighted by atomic mass is 10.1. The number of ether oxygens (including phenoxy) is 1. The van der Waals surface area contributed by atoms with Crippen LogP contribution in [0.2, 0.25) is 0 Å². The molecule has 0 atom stereocenters. The molecule has 0 unspecified atom stereocenters. The number of nitrogens with one attached hydrogen (secondary N) is 1. The molecule has 3 amide bonds. The predicted octanol–water partition coefficient (Wildman–Crippen LogP) is 1.98. The Morgan fingerprint density at radius 3 is 2.73 bits per heavy atom. The Bertz CT molecular complexity index is 556. The minimum absolute atomic E-state index is 0.173. The molecular formula is C16H23N3O3. The Morgan fingerprint density at radius 1 is 1.41 bits per heavy atom. The fraction of sp³-hybridized carbons (Fsp3) is 0.500. The van der Waals surface area contributed by atoms with Crippen LogP contribution in [-0.2, 0) is 4.74 Å². The SMILES string of the molecule is COCCN(CC1CC1)C(=O)Nc1cccc(C(N)=O)c1C. The number of urea groups is 1. The number of amides is 3. The first-order valence-corrected chi connectivity index (χ1v) is 7.47. The van der Waals surface area contributed by atoms with Gasteiger partial charge in [-0.15, -0.1) is 0 Å². The molecule has 1 fully saturated rings. The van der Waals surface area contributed by atoms with Gasteiger partial charge in [-0.2, -0.15) is 0 Å². The second kappa shape index (κ2) is 7.26. The van der Waals surface area contributed by atoms with Gasteiger partial charge in [0.25, 0.3) is 0 Å². The van der Waals surface area contributed by atoms with E-state index in [1.807, 2.05) is 0 Å². The maximum atomic E-state index is 12.5. The standard InChI is InChI=1S/C16H23N3O3/c1-11-13(15(17)20)4-3-5-14(11)18-16(21)19(8-9-22-2)10-12-6-7-12/h3-5,12H,6-10H2,1-2H3,(H2,17,20)(H,18,21). The van der Waals surface area contributed by atoms with Gasteiger partial charge in [-0.05, 0) is 43.4 Å². The van der Waals surface area contributed by atoms with E-state index in [1.165, 1.54) is 12.8 Å². The molecule has 1 aromatic carbocycles. The number of methoxy groups -OCH3 is 1. The molecular weight excluding hydrogens is 282 g/mol. The lowest BCUT2D eigenvalue weighted by molar-refractivity contribution is 0.0999. The third kappa shape index (κ3) is 4.21. The summed E-state index contributed by atoms with van der Waals surface area (Å²) >= 11 is 0. The topological polar surface area (TPSA) is 84.7 Å². The average molecular weight is 305 g/mol. The molecule has 0 aromatic heterocycles. The van der Waals surface area contributed by atoms with Gasteiger partial charge >= 0.3 is 6.03 Å². The highest BCUT2D eigenvalue weighted by atomic mass is 16.5. The zero-order chi connectivity index (χ0) is 16.1. The summed E-state index contributed by atoms with van der Waals surface area (Å²) in [4.78, 5) is 25.6. The second-order valence-corrected chi connectivity index (χ2v) is 5.65. The number of nitrogens with two attached hydrogens (primary N) is 1. The van der Waals surface area contributed by atoms with E-state index in [2.05, 4.69) is 5.32 Å². The molecule has 0 radical (unpaired) electrons. The summed E-state index contributed by atoms with van der Waals surface area (Å²) in [5.74, 6) is 0.100. The molecule has 0 heterocycles. The molecule has 2 rings (SSSR count). The van der Waals surface area contributed by atoms with Crippen LogP contribution in [0, 0.1) is 12.8 Å². The second-order valence-electron chi connectivity index (χ2n) is 5.65. The highest BCUT2D eigenvalue weighted by Gasteiger charge is 2.27. The molecule has 1 aromatic rings. The molecule has 1 aliphatic carbocycles. The fourth-order valence-electron chi connectivity index (χ4n) is 2.32. The van der Waals surface area contributed by atoms with Crippen LogP contribution in [0.5, 0.6) is 0 Å². The third-order valence-corrected chi connectivity index (χ3v) is 3.87. The van der Waals surface area contributed by atoms with Crippen molar-refractivity contribution in [3.8, 4) is 0 Å². The van der Waals surface area contributed by atoms with Crippen molar-refractivity contribution in [2.45, 2.75) is 19.8 Å². The van der Waals surface area contributed by atoms with Crippen LogP contribution in [0.25, 0.3) is 0 Å². The molecule has 120 valence electrons. The lowest BCUT2D eigenvalue weighted by Gasteiger charge is -2.23. The number of primary amides is 1. The quantitative estimate of drug-likeness (QED) is 0.808. The summed E-state index contributed by atoms with van der Waals surface area (Å²) in [6.07, 6.45) is 2.35. The average Bonchev–Trinajstić information content (AvgIpc) is 3.29. The monoisotopic (exact) mass is 305 g/mol. The van der Waals surface area contributed by atoms with Crippen LogP contribution < -0.4 is 11.1 Å². The van der Waals surface area contributed by atoms with Crippen molar-refractivity contribution in [3.63, 3.8) is 0 Å². The zero-order valence-corrected chi connectivity index (χ0v) is 13.1. The van der Waals surface area contributed by atoms with Gasteiger partial charge in [-0.25, -0.2) is 4.79 Å². The molecule has 22 heavy (non-hydrogen) atoms. The normalized spacial score (nSPS) is 13.7. The third-order valence-electron chi connectivity index (χ3n) is 3.87. The molecule has 6 heteroatoms. The number of nitrogens with zero attached hydrogens (tertiary/aromatic N) is 1. The first-order chi connectivity index (χ1) is 10.5. The zero-order valence-electron chi connectivity index (χ0n) is 13.1. The maximum absolute atomic E-state index is 12.5. The predicted molar refractivity (Wildman–Crippen MR) is 84.9 cm³/mol. The highest BCUT2D eigenvalue weighted by Crippen LogP contribution is 2.30. The van der Waals surface area contributed by atoms with Gasteiger partial charge in [0, 0.05) is 31.5 Å². The fourth-order valence-corrected chi connectivity index (χ4v) is 2.32. The smallest absolute Gasteiger partial charge is 0.321 e. The van der Waals surface area contributed by atoms with Crippen molar-refractivity contribution < 1.29 is 14.3 Å². The summed E-state index contributed by atoms with van der Waals surface area (Å²) in [6, 6.07) is 4.96. The van der Waals surface area contributed by atoms with Crippen molar-refractivity contribution in [3.05, 3.63) is 29.3 Å². The van der Waals surface area contributed by atoms with E-state index in [9.17, 15) is 9.59 Å². The van der Waals surface area contributed by atoms with Crippen molar-refractivity contribution >= 4 is 17.6 Å². The minimum atomic E-state index is -0.497. The van der Waals surface area contributed by atoms with E-state index in [4.69, 9.17) is 10.5 Å². The van der Waals surface area contributed by atoms with E-state index in [1.54, 1.807) is 37.1 Å². The number of hydrogen-bond acceptors (Lipinski definition) is 3.